The van der Waals surface area contributed by atoms with Crippen LogP contribution in [0.5, 0.6) is 0 Å². The Morgan fingerprint density at radius 3 is 2.59 bits per heavy atom. The second kappa shape index (κ2) is 8.78. The molecule has 1 aliphatic heterocycles. The lowest BCUT2D eigenvalue weighted by atomic mass is 9.95. The highest BCUT2D eigenvalue weighted by Crippen LogP contribution is 2.30. The van der Waals surface area contributed by atoms with Gasteiger partial charge in [-0.3, -0.25) is 9.69 Å². The summed E-state index contributed by atoms with van der Waals surface area (Å²) in [5.41, 5.74) is 3.14. The van der Waals surface area contributed by atoms with E-state index >= 15 is 0 Å². The molecular weight excluding hydrogens is 360 g/mol. The quantitative estimate of drug-likeness (QED) is 0.681. The van der Waals surface area contributed by atoms with Crippen molar-refractivity contribution in [2.45, 2.75) is 38.6 Å². The van der Waals surface area contributed by atoms with Crippen LogP contribution in [0.2, 0.25) is 0 Å². The largest absolute Gasteiger partial charge is 0.342 e. The number of carbonyl (C=O) groups is 1. The molecule has 1 N–H and O–H groups in total. The highest BCUT2D eigenvalue weighted by Gasteiger charge is 2.33. The van der Waals surface area contributed by atoms with Crippen molar-refractivity contribution in [1.82, 2.24) is 19.8 Å². The third-order valence-electron chi connectivity index (χ3n) is 6.05. The zero-order chi connectivity index (χ0) is 20.2. The van der Waals surface area contributed by atoms with Crippen LogP contribution in [0.25, 0.3) is 11.0 Å². The van der Waals surface area contributed by atoms with Crippen LogP contribution in [0.4, 0.5) is 0 Å². The number of carbonyl (C=O) groups excluding carboxylic acids is 1. The van der Waals surface area contributed by atoms with Crippen molar-refractivity contribution in [3.8, 4) is 0 Å². The molecule has 4 rings (SSSR count). The van der Waals surface area contributed by atoms with Crippen LogP contribution >= 0.6 is 0 Å². The fraction of sp³-hybridized carbons (Fsp3) is 0.417. The monoisotopic (exact) mass is 390 g/mol. The van der Waals surface area contributed by atoms with Crippen molar-refractivity contribution < 1.29 is 4.79 Å². The lowest BCUT2D eigenvalue weighted by molar-refractivity contribution is -0.138. The third-order valence-corrected chi connectivity index (χ3v) is 6.05. The maximum absolute atomic E-state index is 13.7. The molecule has 2 atom stereocenters. The standard InChI is InChI=1S/C24H30N4O/c1-3-27(4-2)22(18-11-6-5-7-12-18)24(29)28-16-10-13-19(17-28)23-25-20-14-8-9-15-21(20)26-23/h5-9,11-12,14-15,19,22H,3-4,10,13,16-17H2,1-2H3,(H,25,26). The minimum Gasteiger partial charge on any atom is -0.342 e. The summed E-state index contributed by atoms with van der Waals surface area (Å²) in [6.07, 6.45) is 2.07. The minimum atomic E-state index is -0.222. The summed E-state index contributed by atoms with van der Waals surface area (Å²) < 4.78 is 0. The Labute approximate surface area is 172 Å². The number of para-hydroxylation sites is 2. The number of rotatable bonds is 6. The summed E-state index contributed by atoms with van der Waals surface area (Å²) in [6.45, 7) is 7.50. The van der Waals surface area contributed by atoms with Gasteiger partial charge in [-0.1, -0.05) is 56.3 Å². The van der Waals surface area contributed by atoms with E-state index in [2.05, 4.69) is 46.8 Å². The summed E-state index contributed by atoms with van der Waals surface area (Å²) in [5.74, 6) is 1.47. The van der Waals surface area contributed by atoms with E-state index in [1.165, 1.54) is 0 Å². The highest BCUT2D eigenvalue weighted by molar-refractivity contribution is 5.83. The van der Waals surface area contributed by atoms with E-state index in [1.54, 1.807) is 0 Å². The average Bonchev–Trinajstić information content (AvgIpc) is 3.22. The zero-order valence-corrected chi connectivity index (χ0v) is 17.3. The van der Waals surface area contributed by atoms with Crippen molar-refractivity contribution >= 4 is 16.9 Å². The van der Waals surface area contributed by atoms with Crippen molar-refractivity contribution in [3.05, 3.63) is 66.0 Å². The summed E-state index contributed by atoms with van der Waals surface area (Å²) >= 11 is 0. The van der Waals surface area contributed by atoms with E-state index in [1.807, 2.05) is 36.4 Å². The number of amides is 1. The van der Waals surface area contributed by atoms with Crippen molar-refractivity contribution in [3.63, 3.8) is 0 Å². The molecule has 1 fully saturated rings. The van der Waals surface area contributed by atoms with Gasteiger partial charge in [0.1, 0.15) is 11.9 Å². The van der Waals surface area contributed by atoms with E-state index in [-0.39, 0.29) is 17.9 Å². The summed E-state index contributed by atoms with van der Waals surface area (Å²) in [5, 5.41) is 0. The Hall–Kier alpha value is -2.66. The number of aromatic nitrogens is 2. The van der Waals surface area contributed by atoms with Gasteiger partial charge in [-0.2, -0.15) is 0 Å². The molecule has 2 aromatic carbocycles. The fourth-order valence-corrected chi connectivity index (χ4v) is 4.47. The van der Waals surface area contributed by atoms with Gasteiger partial charge in [0.15, 0.2) is 0 Å². The van der Waals surface area contributed by atoms with E-state index in [0.717, 1.165) is 61.4 Å². The van der Waals surface area contributed by atoms with Crippen LogP contribution < -0.4 is 0 Å². The Balaban J connectivity index is 1.57. The molecule has 29 heavy (non-hydrogen) atoms. The number of fused-ring (bicyclic) bond motifs is 1. The highest BCUT2D eigenvalue weighted by atomic mass is 16.2. The molecular formula is C24H30N4O. The number of nitrogens with one attached hydrogen (secondary N) is 1. The van der Waals surface area contributed by atoms with Crippen LogP contribution in [0.3, 0.4) is 0 Å². The first-order valence-corrected chi connectivity index (χ1v) is 10.7. The van der Waals surface area contributed by atoms with E-state index in [0.29, 0.717) is 0 Å². The molecule has 5 nitrogen and oxygen atoms in total. The summed E-state index contributed by atoms with van der Waals surface area (Å²) in [4.78, 5) is 26.2. The van der Waals surface area contributed by atoms with Crippen LogP contribution in [0.15, 0.2) is 54.6 Å². The molecule has 5 heteroatoms. The molecule has 0 radical (unpaired) electrons. The predicted molar refractivity (Wildman–Crippen MR) is 117 cm³/mol. The molecule has 0 saturated carbocycles. The minimum absolute atomic E-state index is 0.209. The number of imidazole rings is 1. The van der Waals surface area contributed by atoms with Crippen molar-refractivity contribution in [2.24, 2.45) is 0 Å². The number of likely N-dealkylation sites (tertiary alicyclic amines) is 1. The van der Waals surface area contributed by atoms with E-state index in [4.69, 9.17) is 4.98 Å². The first-order valence-electron chi connectivity index (χ1n) is 10.7. The predicted octanol–water partition coefficient (Wildman–Crippen LogP) is 4.35. The number of aromatic amines is 1. The van der Waals surface area contributed by atoms with Gasteiger partial charge < -0.3 is 9.88 Å². The molecule has 1 aliphatic rings. The Bertz CT molecular complexity index is 915. The Morgan fingerprint density at radius 1 is 1.14 bits per heavy atom. The first-order chi connectivity index (χ1) is 14.2. The average molecular weight is 391 g/mol. The van der Waals surface area contributed by atoms with E-state index < -0.39 is 0 Å². The van der Waals surface area contributed by atoms with Gasteiger partial charge in [0.05, 0.1) is 11.0 Å². The van der Waals surface area contributed by atoms with E-state index in [9.17, 15) is 4.79 Å². The Kier molecular flexibility index (Phi) is 5.95. The molecule has 3 aromatic rings. The first kappa shape index (κ1) is 19.6. The van der Waals surface area contributed by atoms with Crippen LogP contribution in [0, 0.1) is 0 Å². The number of piperidine rings is 1. The number of H-pyrrole nitrogens is 1. The van der Waals surface area contributed by atoms with Gasteiger partial charge in [-0.15, -0.1) is 0 Å². The molecule has 2 heterocycles. The maximum atomic E-state index is 13.7. The summed E-state index contributed by atoms with van der Waals surface area (Å²) in [7, 11) is 0. The van der Waals surface area contributed by atoms with Crippen molar-refractivity contribution in [1.29, 1.82) is 0 Å². The van der Waals surface area contributed by atoms with Gasteiger partial charge >= 0.3 is 0 Å². The smallest absolute Gasteiger partial charge is 0.244 e. The number of benzene rings is 2. The van der Waals surface area contributed by atoms with Crippen molar-refractivity contribution in [2.75, 3.05) is 26.2 Å². The molecule has 1 saturated heterocycles. The lowest BCUT2D eigenvalue weighted by Gasteiger charge is -2.37. The van der Waals surface area contributed by atoms with Gasteiger partial charge in [0.2, 0.25) is 5.91 Å². The molecule has 2 unspecified atom stereocenters. The molecule has 0 bridgehead atoms. The SMILES string of the molecule is CCN(CC)C(C(=O)N1CCCC(c2nc3ccccc3[nH]2)C1)c1ccccc1. The Morgan fingerprint density at radius 2 is 1.86 bits per heavy atom. The van der Waals surface area contributed by atoms with Crippen LogP contribution in [0.1, 0.15) is 50.0 Å². The normalized spacial score (nSPS) is 18.3. The second-order valence-corrected chi connectivity index (χ2v) is 7.80. The number of nitrogens with zero attached hydrogens (tertiary/aromatic N) is 3. The van der Waals surface area contributed by atoms with Crippen LogP contribution in [-0.4, -0.2) is 51.9 Å². The number of hydrogen-bond acceptors (Lipinski definition) is 3. The molecule has 0 aliphatic carbocycles. The van der Waals surface area contributed by atoms with Gasteiger partial charge in [0.25, 0.3) is 0 Å². The fourth-order valence-electron chi connectivity index (χ4n) is 4.47. The van der Waals surface area contributed by atoms with Gasteiger partial charge in [-0.05, 0) is 43.6 Å². The van der Waals surface area contributed by atoms with Crippen LogP contribution in [-0.2, 0) is 4.79 Å². The lowest BCUT2D eigenvalue weighted by Crippen LogP contribution is -2.46. The third kappa shape index (κ3) is 4.06. The summed E-state index contributed by atoms with van der Waals surface area (Å²) in [6, 6.07) is 18.1. The molecule has 0 spiro atoms. The molecule has 1 aromatic heterocycles. The number of likely N-dealkylation sites (N-methyl/N-ethyl adjacent to an activating group) is 1. The van der Waals surface area contributed by atoms with Gasteiger partial charge in [0, 0.05) is 19.0 Å². The van der Waals surface area contributed by atoms with Gasteiger partial charge in [-0.25, -0.2) is 4.98 Å². The molecule has 152 valence electrons. The number of hydrogen-bond donors (Lipinski definition) is 1. The zero-order valence-electron chi connectivity index (χ0n) is 17.3. The molecule has 1 amide bonds. The maximum Gasteiger partial charge on any atom is 0.244 e. The topological polar surface area (TPSA) is 52.2 Å². The second-order valence-electron chi connectivity index (χ2n) is 7.80.